The summed E-state index contributed by atoms with van der Waals surface area (Å²) in [7, 11) is 0. The van der Waals surface area contributed by atoms with Crippen LogP contribution in [0.3, 0.4) is 0 Å². The van der Waals surface area contributed by atoms with E-state index in [0.29, 0.717) is 47.7 Å². The van der Waals surface area contributed by atoms with Gasteiger partial charge in [0.05, 0.1) is 35.2 Å². The molecule has 10 nitrogen and oxygen atoms in total. The number of aromatic nitrogens is 4. The Labute approximate surface area is 223 Å². The Morgan fingerprint density at radius 1 is 0.974 bits per heavy atom. The second kappa shape index (κ2) is 10.4. The predicted molar refractivity (Wildman–Crippen MR) is 149 cm³/mol. The molecule has 0 bridgehead atoms. The molecule has 10 heteroatoms. The summed E-state index contributed by atoms with van der Waals surface area (Å²) in [5.74, 6) is -0.378. The molecule has 0 unspecified atom stereocenters. The van der Waals surface area contributed by atoms with Crippen molar-refractivity contribution in [3.8, 4) is 11.3 Å². The molecule has 4 heterocycles. The minimum absolute atomic E-state index is 0.00948. The van der Waals surface area contributed by atoms with Crippen LogP contribution in [-0.2, 0) is 6.54 Å². The lowest BCUT2D eigenvalue weighted by Gasteiger charge is -2.27. The number of pyridine rings is 1. The second-order valence-corrected chi connectivity index (χ2v) is 9.52. The third kappa shape index (κ3) is 5.23. The molecule has 196 valence electrons. The number of hydrogen-bond donors (Lipinski definition) is 4. The standard InChI is InChI=1S/C29H27N7O3/c37-27(33-23-16-32-36(18-23)17-19-4-2-1-3-5-19)22-13-24(28(38)31-15-22)26-14-21-12-20(6-7-25(21)34-26)29(39)35-10-8-30-9-11-35/h1-7,12-16,18,30,34H,8-11,17H2,(H,31,38)(H,33,37). The number of carbonyl (C=O) groups is 2. The summed E-state index contributed by atoms with van der Waals surface area (Å²) in [5.41, 5.74) is 3.90. The van der Waals surface area contributed by atoms with Gasteiger partial charge in [-0.15, -0.1) is 0 Å². The van der Waals surface area contributed by atoms with Gasteiger partial charge in [0.25, 0.3) is 17.4 Å². The van der Waals surface area contributed by atoms with Gasteiger partial charge in [0.1, 0.15) is 0 Å². The van der Waals surface area contributed by atoms with Gasteiger partial charge in [-0.3, -0.25) is 19.1 Å². The van der Waals surface area contributed by atoms with Crippen molar-refractivity contribution in [3.63, 3.8) is 0 Å². The maximum absolute atomic E-state index is 13.0. The van der Waals surface area contributed by atoms with Gasteiger partial charge in [0.15, 0.2) is 0 Å². The fourth-order valence-corrected chi connectivity index (χ4v) is 4.76. The number of nitrogens with zero attached hydrogens (tertiary/aromatic N) is 3. The number of nitrogens with one attached hydrogen (secondary N) is 4. The molecule has 0 spiro atoms. The lowest BCUT2D eigenvalue weighted by Crippen LogP contribution is -2.46. The van der Waals surface area contributed by atoms with E-state index in [1.807, 2.05) is 53.4 Å². The SMILES string of the molecule is O=C(Nc1cnn(Cc2ccccc2)c1)c1c[nH]c(=O)c(-c2cc3cc(C(=O)N4CCNCC4)ccc3[nH]2)c1. The van der Waals surface area contributed by atoms with Gasteiger partial charge in [-0.25, -0.2) is 0 Å². The number of aromatic amines is 2. The molecule has 6 rings (SSSR count). The minimum atomic E-state index is -0.369. The Morgan fingerprint density at radius 3 is 2.62 bits per heavy atom. The zero-order valence-corrected chi connectivity index (χ0v) is 21.1. The Morgan fingerprint density at radius 2 is 1.79 bits per heavy atom. The maximum Gasteiger partial charge on any atom is 0.257 e. The number of anilines is 1. The highest BCUT2D eigenvalue weighted by atomic mass is 16.2. The van der Waals surface area contributed by atoms with Crippen LogP contribution in [-0.4, -0.2) is 62.6 Å². The third-order valence-electron chi connectivity index (χ3n) is 6.81. The molecule has 3 aromatic heterocycles. The van der Waals surface area contributed by atoms with Gasteiger partial charge in [-0.2, -0.15) is 5.10 Å². The van der Waals surface area contributed by atoms with Crippen LogP contribution in [0.4, 0.5) is 5.69 Å². The summed E-state index contributed by atoms with van der Waals surface area (Å²) >= 11 is 0. The number of carbonyl (C=O) groups excluding carboxylic acids is 2. The number of amides is 2. The number of H-pyrrole nitrogens is 2. The summed E-state index contributed by atoms with van der Waals surface area (Å²) < 4.78 is 1.74. The monoisotopic (exact) mass is 521 g/mol. The molecule has 0 aliphatic carbocycles. The van der Waals surface area contributed by atoms with Crippen LogP contribution in [0, 0.1) is 0 Å². The van der Waals surface area contributed by atoms with Crippen molar-refractivity contribution in [2.45, 2.75) is 6.54 Å². The Kier molecular flexibility index (Phi) is 6.52. The van der Waals surface area contributed by atoms with E-state index in [1.54, 1.807) is 29.2 Å². The quantitative estimate of drug-likeness (QED) is 0.273. The van der Waals surface area contributed by atoms with E-state index in [9.17, 15) is 14.4 Å². The number of hydrogen-bond acceptors (Lipinski definition) is 5. The van der Waals surface area contributed by atoms with Crippen molar-refractivity contribution >= 4 is 28.4 Å². The lowest BCUT2D eigenvalue weighted by molar-refractivity contribution is 0.0736. The molecule has 2 amide bonds. The molecule has 5 aromatic rings. The van der Waals surface area contributed by atoms with E-state index in [1.165, 1.54) is 6.20 Å². The normalized spacial score (nSPS) is 13.5. The van der Waals surface area contributed by atoms with Crippen LogP contribution in [0.15, 0.2) is 84.0 Å². The summed E-state index contributed by atoms with van der Waals surface area (Å²) in [6, 6.07) is 18.8. The van der Waals surface area contributed by atoms with E-state index < -0.39 is 0 Å². The zero-order chi connectivity index (χ0) is 26.8. The molecule has 1 fully saturated rings. The summed E-state index contributed by atoms with van der Waals surface area (Å²) in [6.45, 7) is 3.50. The molecule has 0 atom stereocenters. The first kappa shape index (κ1) is 24.4. The highest BCUT2D eigenvalue weighted by molar-refractivity contribution is 6.05. The van der Waals surface area contributed by atoms with Crippen molar-refractivity contribution in [2.75, 3.05) is 31.5 Å². The summed E-state index contributed by atoms with van der Waals surface area (Å²) in [4.78, 5) is 46.4. The van der Waals surface area contributed by atoms with E-state index in [0.717, 1.165) is 29.6 Å². The highest BCUT2D eigenvalue weighted by Gasteiger charge is 2.19. The van der Waals surface area contributed by atoms with Crippen LogP contribution >= 0.6 is 0 Å². The number of rotatable bonds is 6. The summed E-state index contributed by atoms with van der Waals surface area (Å²) in [6.07, 6.45) is 4.74. The average Bonchev–Trinajstić information content (AvgIpc) is 3.60. The Hall–Kier alpha value is -4.96. The van der Waals surface area contributed by atoms with E-state index in [4.69, 9.17) is 0 Å². The second-order valence-electron chi connectivity index (χ2n) is 9.52. The average molecular weight is 522 g/mol. The molecule has 4 N–H and O–H groups in total. The molecule has 2 aromatic carbocycles. The van der Waals surface area contributed by atoms with Crippen molar-refractivity contribution in [2.24, 2.45) is 0 Å². The first-order chi connectivity index (χ1) is 19.0. The molecule has 0 saturated carbocycles. The number of piperazine rings is 1. The predicted octanol–water partition coefficient (Wildman–Crippen LogP) is 3.07. The largest absolute Gasteiger partial charge is 0.354 e. The highest BCUT2D eigenvalue weighted by Crippen LogP contribution is 2.24. The van der Waals surface area contributed by atoms with Gasteiger partial charge >= 0.3 is 0 Å². The van der Waals surface area contributed by atoms with Gasteiger partial charge in [-0.1, -0.05) is 30.3 Å². The smallest absolute Gasteiger partial charge is 0.257 e. The topological polar surface area (TPSA) is 128 Å². The van der Waals surface area contributed by atoms with Gasteiger partial charge in [-0.05, 0) is 35.9 Å². The van der Waals surface area contributed by atoms with Crippen LogP contribution in [0.1, 0.15) is 26.3 Å². The van der Waals surface area contributed by atoms with Gasteiger partial charge in [0.2, 0.25) is 0 Å². The number of benzene rings is 2. The first-order valence-corrected chi connectivity index (χ1v) is 12.8. The van der Waals surface area contributed by atoms with E-state index >= 15 is 0 Å². The van der Waals surface area contributed by atoms with Crippen molar-refractivity contribution in [1.82, 2.24) is 30.0 Å². The Balaban J connectivity index is 1.20. The maximum atomic E-state index is 13.0. The molecule has 39 heavy (non-hydrogen) atoms. The van der Waals surface area contributed by atoms with Crippen LogP contribution in [0.2, 0.25) is 0 Å². The first-order valence-electron chi connectivity index (χ1n) is 12.8. The zero-order valence-electron chi connectivity index (χ0n) is 21.1. The van der Waals surface area contributed by atoms with Crippen LogP contribution in [0.5, 0.6) is 0 Å². The number of fused-ring (bicyclic) bond motifs is 1. The van der Waals surface area contributed by atoms with Gasteiger partial charge < -0.3 is 25.5 Å². The molecule has 1 aliphatic rings. The minimum Gasteiger partial charge on any atom is -0.354 e. The van der Waals surface area contributed by atoms with E-state index in [2.05, 4.69) is 25.7 Å². The molecular weight excluding hydrogens is 494 g/mol. The fraction of sp³-hybridized carbons (Fsp3) is 0.172. The van der Waals surface area contributed by atoms with Crippen LogP contribution < -0.4 is 16.2 Å². The van der Waals surface area contributed by atoms with Gasteiger partial charge in [0, 0.05) is 55.0 Å². The van der Waals surface area contributed by atoms with E-state index in [-0.39, 0.29) is 17.4 Å². The fourth-order valence-electron chi connectivity index (χ4n) is 4.76. The van der Waals surface area contributed by atoms with Crippen LogP contribution in [0.25, 0.3) is 22.2 Å². The molecular formula is C29H27N7O3. The molecule has 1 aliphatic heterocycles. The Bertz CT molecular complexity index is 1710. The van der Waals surface area contributed by atoms with Crippen molar-refractivity contribution < 1.29 is 9.59 Å². The molecule has 1 saturated heterocycles. The van der Waals surface area contributed by atoms with Crippen molar-refractivity contribution in [3.05, 3.63) is 106 Å². The van der Waals surface area contributed by atoms with Crippen molar-refractivity contribution in [1.29, 1.82) is 0 Å². The lowest BCUT2D eigenvalue weighted by atomic mass is 10.1. The summed E-state index contributed by atoms with van der Waals surface area (Å²) in [5, 5.41) is 11.2. The molecule has 0 radical (unpaired) electrons. The third-order valence-corrected chi connectivity index (χ3v) is 6.81.